The number of carbonyl (C=O) groups is 1. The smallest absolute Gasteiger partial charge is 0.340 e. The second-order valence-corrected chi connectivity index (χ2v) is 5.56. The van der Waals surface area contributed by atoms with E-state index in [1.165, 1.54) is 0 Å². The first-order valence-electron chi connectivity index (χ1n) is 6.74. The summed E-state index contributed by atoms with van der Waals surface area (Å²) >= 11 is 3.42. The van der Waals surface area contributed by atoms with E-state index in [1.807, 2.05) is 55.5 Å². The number of halogens is 1. The van der Waals surface area contributed by atoms with Crippen molar-refractivity contribution in [3.05, 3.63) is 58.6 Å². The third kappa shape index (κ3) is 2.59. The molecule has 0 spiro atoms. The van der Waals surface area contributed by atoms with Gasteiger partial charge in [0.1, 0.15) is 0 Å². The maximum absolute atomic E-state index is 12.3. The molecule has 0 aliphatic rings. The Labute approximate surface area is 131 Å². The van der Waals surface area contributed by atoms with Crippen LogP contribution >= 0.6 is 15.9 Å². The van der Waals surface area contributed by atoms with Crippen molar-refractivity contribution in [2.75, 3.05) is 6.61 Å². The Morgan fingerprint density at radius 2 is 1.86 bits per heavy atom. The van der Waals surface area contributed by atoms with Crippen LogP contribution in [0.1, 0.15) is 17.3 Å². The van der Waals surface area contributed by atoms with E-state index in [1.54, 1.807) is 0 Å². The number of hydrogen-bond acceptors (Lipinski definition) is 2. The Balaban J connectivity index is 2.23. The van der Waals surface area contributed by atoms with Crippen molar-refractivity contribution in [3.8, 4) is 11.3 Å². The normalized spacial score (nSPS) is 10.8. The van der Waals surface area contributed by atoms with Gasteiger partial charge in [-0.2, -0.15) is 0 Å². The molecule has 0 unspecified atom stereocenters. The van der Waals surface area contributed by atoms with Gasteiger partial charge in [-0.15, -0.1) is 0 Å². The van der Waals surface area contributed by atoms with E-state index in [9.17, 15) is 4.79 Å². The van der Waals surface area contributed by atoms with E-state index in [0.29, 0.717) is 12.2 Å². The highest BCUT2D eigenvalue weighted by Gasteiger charge is 2.20. The van der Waals surface area contributed by atoms with Crippen LogP contribution in [0.15, 0.2) is 53.0 Å². The molecule has 0 bridgehead atoms. The molecule has 0 aliphatic heterocycles. The van der Waals surface area contributed by atoms with Crippen LogP contribution in [0.2, 0.25) is 0 Å². The van der Waals surface area contributed by atoms with Crippen molar-refractivity contribution in [2.24, 2.45) is 0 Å². The van der Waals surface area contributed by atoms with Crippen LogP contribution in [0.5, 0.6) is 0 Å². The minimum absolute atomic E-state index is 0.298. The molecule has 4 heteroatoms. The quantitative estimate of drug-likeness (QED) is 0.695. The monoisotopic (exact) mass is 343 g/mol. The number of benzene rings is 2. The number of hydrogen-bond donors (Lipinski definition) is 1. The predicted molar refractivity (Wildman–Crippen MR) is 87.4 cm³/mol. The molecule has 3 nitrogen and oxygen atoms in total. The molecule has 0 aliphatic carbocycles. The molecule has 106 valence electrons. The summed E-state index contributed by atoms with van der Waals surface area (Å²) in [7, 11) is 0. The van der Waals surface area contributed by atoms with Crippen molar-refractivity contribution >= 4 is 32.8 Å². The summed E-state index contributed by atoms with van der Waals surface area (Å²) in [6, 6.07) is 15.6. The third-order valence-electron chi connectivity index (χ3n) is 3.32. The number of para-hydroxylation sites is 1. The molecule has 0 radical (unpaired) electrons. The number of ether oxygens (including phenoxy) is 1. The van der Waals surface area contributed by atoms with Gasteiger partial charge in [-0.05, 0) is 30.7 Å². The van der Waals surface area contributed by atoms with E-state index < -0.39 is 0 Å². The van der Waals surface area contributed by atoms with E-state index in [4.69, 9.17) is 4.74 Å². The lowest BCUT2D eigenvalue weighted by molar-refractivity contribution is 0.0529. The first-order chi connectivity index (χ1) is 10.2. The fourth-order valence-corrected chi connectivity index (χ4v) is 2.65. The lowest BCUT2D eigenvalue weighted by atomic mass is 10.1. The van der Waals surface area contributed by atoms with Gasteiger partial charge >= 0.3 is 5.97 Å². The molecule has 0 amide bonds. The summed E-state index contributed by atoms with van der Waals surface area (Å²) in [5, 5.41) is 0.883. The van der Waals surface area contributed by atoms with Crippen molar-refractivity contribution in [2.45, 2.75) is 6.92 Å². The molecule has 1 aromatic heterocycles. The molecule has 3 aromatic rings. The van der Waals surface area contributed by atoms with Crippen molar-refractivity contribution in [1.29, 1.82) is 0 Å². The Morgan fingerprint density at radius 1 is 1.14 bits per heavy atom. The summed E-state index contributed by atoms with van der Waals surface area (Å²) in [6.07, 6.45) is 0. The first kappa shape index (κ1) is 13.9. The number of esters is 1. The Hall–Kier alpha value is -2.07. The number of H-pyrrole nitrogens is 1. The fraction of sp³-hybridized carbons (Fsp3) is 0.118. The summed E-state index contributed by atoms with van der Waals surface area (Å²) in [6.45, 7) is 2.17. The van der Waals surface area contributed by atoms with Gasteiger partial charge in [0.25, 0.3) is 0 Å². The van der Waals surface area contributed by atoms with E-state index in [-0.39, 0.29) is 5.97 Å². The lowest BCUT2D eigenvalue weighted by Gasteiger charge is -2.05. The zero-order chi connectivity index (χ0) is 14.8. The zero-order valence-electron chi connectivity index (χ0n) is 11.5. The van der Waals surface area contributed by atoms with Crippen LogP contribution in [0.25, 0.3) is 22.2 Å². The number of aromatic nitrogens is 1. The van der Waals surface area contributed by atoms with Gasteiger partial charge in [0.05, 0.1) is 17.9 Å². The van der Waals surface area contributed by atoms with Gasteiger partial charge < -0.3 is 9.72 Å². The van der Waals surface area contributed by atoms with Crippen molar-refractivity contribution in [1.82, 2.24) is 4.98 Å². The second kappa shape index (κ2) is 5.74. The summed E-state index contributed by atoms with van der Waals surface area (Å²) in [5.41, 5.74) is 3.27. The van der Waals surface area contributed by atoms with Gasteiger partial charge in [-0.25, -0.2) is 4.79 Å². The summed E-state index contributed by atoms with van der Waals surface area (Å²) < 4.78 is 6.21. The number of nitrogens with one attached hydrogen (secondary N) is 1. The largest absolute Gasteiger partial charge is 0.462 e. The molecule has 2 aromatic carbocycles. The molecule has 1 heterocycles. The summed E-state index contributed by atoms with van der Waals surface area (Å²) in [5.74, 6) is -0.298. The van der Waals surface area contributed by atoms with Crippen LogP contribution in [0.3, 0.4) is 0 Å². The van der Waals surface area contributed by atoms with Gasteiger partial charge in [0.2, 0.25) is 0 Å². The average Bonchev–Trinajstić information content (AvgIpc) is 2.87. The minimum Gasteiger partial charge on any atom is -0.462 e. The van der Waals surface area contributed by atoms with Crippen LogP contribution in [0, 0.1) is 0 Å². The average molecular weight is 344 g/mol. The number of rotatable bonds is 3. The topological polar surface area (TPSA) is 42.1 Å². The number of fused-ring (bicyclic) bond motifs is 1. The fourth-order valence-electron chi connectivity index (χ4n) is 2.39. The van der Waals surface area contributed by atoms with Gasteiger partial charge in [-0.1, -0.05) is 46.3 Å². The molecule has 21 heavy (non-hydrogen) atoms. The molecule has 0 fully saturated rings. The van der Waals surface area contributed by atoms with Crippen LogP contribution in [0.4, 0.5) is 0 Å². The van der Waals surface area contributed by atoms with Gasteiger partial charge in [-0.3, -0.25) is 0 Å². The molecule has 0 atom stereocenters. The predicted octanol–water partition coefficient (Wildman–Crippen LogP) is 4.77. The van der Waals surface area contributed by atoms with E-state index in [0.717, 1.165) is 26.6 Å². The van der Waals surface area contributed by atoms with E-state index in [2.05, 4.69) is 20.9 Å². The molecular formula is C17H14BrNO2. The molecule has 1 N–H and O–H groups in total. The van der Waals surface area contributed by atoms with Crippen molar-refractivity contribution < 1.29 is 9.53 Å². The summed E-state index contributed by atoms with van der Waals surface area (Å²) in [4.78, 5) is 15.7. The highest BCUT2D eigenvalue weighted by Crippen LogP contribution is 2.31. The maximum Gasteiger partial charge on any atom is 0.340 e. The highest BCUT2D eigenvalue weighted by molar-refractivity contribution is 9.10. The molecule has 3 rings (SSSR count). The number of carbonyl (C=O) groups excluding carboxylic acids is 1. The highest BCUT2D eigenvalue weighted by atomic mass is 79.9. The van der Waals surface area contributed by atoms with Crippen LogP contribution in [-0.4, -0.2) is 17.6 Å². The maximum atomic E-state index is 12.3. The first-order valence-corrected chi connectivity index (χ1v) is 7.53. The van der Waals surface area contributed by atoms with Crippen molar-refractivity contribution in [3.63, 3.8) is 0 Å². The minimum atomic E-state index is -0.298. The van der Waals surface area contributed by atoms with Crippen LogP contribution < -0.4 is 0 Å². The molecular weight excluding hydrogens is 330 g/mol. The SMILES string of the molecule is CCOC(=O)c1c(-c2ccc(Br)cc2)[nH]c2ccccc12. The van der Waals surface area contributed by atoms with Gasteiger partial charge in [0.15, 0.2) is 0 Å². The molecule has 0 saturated carbocycles. The lowest BCUT2D eigenvalue weighted by Crippen LogP contribution is -2.05. The van der Waals surface area contributed by atoms with E-state index >= 15 is 0 Å². The number of aromatic amines is 1. The Morgan fingerprint density at radius 3 is 2.57 bits per heavy atom. The van der Waals surface area contributed by atoms with Crippen LogP contribution in [-0.2, 0) is 4.74 Å². The second-order valence-electron chi connectivity index (χ2n) is 4.65. The molecule has 0 saturated heterocycles. The standard InChI is InChI=1S/C17H14BrNO2/c1-2-21-17(20)15-13-5-3-4-6-14(13)19-16(15)11-7-9-12(18)10-8-11/h3-10,19H,2H2,1H3. The zero-order valence-corrected chi connectivity index (χ0v) is 13.1. The van der Waals surface area contributed by atoms with Gasteiger partial charge in [0, 0.05) is 15.4 Å². The Kier molecular flexibility index (Phi) is 3.80. The third-order valence-corrected chi connectivity index (χ3v) is 3.85. The Bertz CT molecular complexity index is 790.